The van der Waals surface area contributed by atoms with Gasteiger partial charge in [-0.1, -0.05) is 74.8 Å². The third kappa shape index (κ3) is 10.4. The number of aromatic carboxylic acids is 1. The monoisotopic (exact) mass is 370 g/mol. The van der Waals surface area contributed by atoms with Gasteiger partial charge < -0.3 is 10.2 Å². The maximum atomic E-state index is 11.2. The van der Waals surface area contributed by atoms with Crippen molar-refractivity contribution in [3.63, 3.8) is 0 Å². The molecule has 0 saturated heterocycles. The number of hydrogen-bond donors (Lipinski definition) is 2. The van der Waals surface area contributed by atoms with Gasteiger partial charge in [-0.05, 0) is 56.6 Å². The molecule has 0 spiro atoms. The van der Waals surface area contributed by atoms with Gasteiger partial charge in [0.25, 0.3) is 0 Å². The molecule has 27 heavy (non-hydrogen) atoms. The molecule has 1 aromatic rings. The minimum atomic E-state index is -1.05. The van der Waals surface area contributed by atoms with Gasteiger partial charge in [0.05, 0.1) is 0 Å². The third-order valence-electron chi connectivity index (χ3n) is 4.44. The van der Waals surface area contributed by atoms with Crippen LogP contribution in [-0.4, -0.2) is 16.2 Å². The summed E-state index contributed by atoms with van der Waals surface area (Å²) < 4.78 is 0. The van der Waals surface area contributed by atoms with E-state index in [1.807, 2.05) is 0 Å². The first-order chi connectivity index (χ1) is 13.2. The summed E-state index contributed by atoms with van der Waals surface area (Å²) in [6.07, 6.45) is 23.9. The maximum Gasteiger partial charge on any atom is 0.339 e. The fourth-order valence-corrected chi connectivity index (χ4v) is 2.98. The number of hydrogen-bond acceptors (Lipinski definition) is 2. The fourth-order valence-electron chi connectivity index (χ4n) is 2.98. The minimum absolute atomic E-state index is 0.0538. The van der Waals surface area contributed by atoms with Crippen molar-refractivity contribution in [3.8, 4) is 5.75 Å². The molecule has 0 fully saturated rings. The molecule has 1 aromatic carbocycles. The molecule has 0 heterocycles. The van der Waals surface area contributed by atoms with E-state index in [9.17, 15) is 15.0 Å². The highest BCUT2D eigenvalue weighted by atomic mass is 16.4. The zero-order chi connectivity index (χ0) is 19.7. The smallest absolute Gasteiger partial charge is 0.339 e. The van der Waals surface area contributed by atoms with E-state index in [1.165, 1.54) is 25.3 Å². The number of carboxylic acids is 1. The first-order valence-corrected chi connectivity index (χ1v) is 10.2. The van der Waals surface area contributed by atoms with Crippen LogP contribution in [0.15, 0.2) is 54.7 Å². The second-order valence-corrected chi connectivity index (χ2v) is 6.72. The van der Waals surface area contributed by atoms with E-state index in [2.05, 4.69) is 43.4 Å². The van der Waals surface area contributed by atoms with Crippen molar-refractivity contribution in [2.24, 2.45) is 0 Å². The summed E-state index contributed by atoms with van der Waals surface area (Å²) in [5.41, 5.74) is 0.779. The van der Waals surface area contributed by atoms with Crippen LogP contribution < -0.4 is 0 Å². The predicted octanol–water partition coefficient (Wildman–Crippen LogP) is 6.83. The molecule has 0 aliphatic carbocycles. The number of rotatable bonds is 14. The summed E-state index contributed by atoms with van der Waals surface area (Å²) in [4.78, 5) is 11.2. The average Bonchev–Trinajstić information content (AvgIpc) is 2.64. The molecule has 1 rings (SSSR count). The number of unbranched alkanes of at least 4 members (excludes halogenated alkanes) is 5. The summed E-state index contributed by atoms with van der Waals surface area (Å²) in [6, 6.07) is 4.93. The molecule has 2 N–H and O–H groups in total. The lowest BCUT2D eigenvalue weighted by atomic mass is 9.99. The number of benzene rings is 1. The Morgan fingerprint density at radius 1 is 0.889 bits per heavy atom. The molecule has 0 atom stereocenters. The lowest BCUT2D eigenvalue weighted by molar-refractivity contribution is 0.0692. The van der Waals surface area contributed by atoms with Gasteiger partial charge in [0, 0.05) is 0 Å². The molecule has 148 valence electrons. The number of aryl methyl sites for hydroxylation is 1. The SMILES string of the molecule is CCC=CCC=CCC=CCCCCCCCc1cccc(O)c1C(=O)O. The van der Waals surface area contributed by atoms with E-state index in [0.29, 0.717) is 6.42 Å². The number of allylic oxidation sites excluding steroid dienone is 6. The first-order valence-electron chi connectivity index (χ1n) is 10.2. The van der Waals surface area contributed by atoms with Crippen LogP contribution in [0.5, 0.6) is 5.75 Å². The molecular formula is C24H34O3. The van der Waals surface area contributed by atoms with E-state index < -0.39 is 5.97 Å². The quantitative estimate of drug-likeness (QED) is 0.279. The Labute approximate surface area is 164 Å². The molecule has 0 radical (unpaired) electrons. The molecule has 3 heteroatoms. The molecular weight excluding hydrogens is 336 g/mol. The van der Waals surface area contributed by atoms with Crippen LogP contribution in [0.1, 0.15) is 80.6 Å². The van der Waals surface area contributed by atoms with Gasteiger partial charge >= 0.3 is 5.97 Å². The largest absolute Gasteiger partial charge is 0.507 e. The van der Waals surface area contributed by atoms with Crippen molar-refractivity contribution in [2.45, 2.75) is 71.1 Å². The molecule has 0 saturated carbocycles. The summed E-state index contributed by atoms with van der Waals surface area (Å²) >= 11 is 0. The second-order valence-electron chi connectivity index (χ2n) is 6.72. The Kier molecular flexibility index (Phi) is 12.5. The van der Waals surface area contributed by atoms with Crippen LogP contribution in [0.3, 0.4) is 0 Å². The lowest BCUT2D eigenvalue weighted by Gasteiger charge is -2.07. The van der Waals surface area contributed by atoms with E-state index in [0.717, 1.165) is 44.1 Å². The predicted molar refractivity (Wildman–Crippen MR) is 113 cm³/mol. The molecule has 0 aliphatic rings. The summed E-state index contributed by atoms with van der Waals surface area (Å²) in [5.74, 6) is -1.19. The van der Waals surface area contributed by atoms with Crippen LogP contribution in [0.2, 0.25) is 0 Å². The Morgan fingerprint density at radius 2 is 1.52 bits per heavy atom. The van der Waals surface area contributed by atoms with Crippen molar-refractivity contribution >= 4 is 5.97 Å². The molecule has 0 aromatic heterocycles. The molecule has 0 amide bonds. The Balaban J connectivity index is 2.07. The fraction of sp³-hybridized carbons (Fsp3) is 0.458. The van der Waals surface area contributed by atoms with Gasteiger partial charge in [-0.15, -0.1) is 0 Å². The zero-order valence-corrected chi connectivity index (χ0v) is 16.6. The average molecular weight is 371 g/mol. The Morgan fingerprint density at radius 3 is 2.22 bits per heavy atom. The van der Waals surface area contributed by atoms with Crippen LogP contribution >= 0.6 is 0 Å². The zero-order valence-electron chi connectivity index (χ0n) is 16.6. The molecule has 0 unspecified atom stereocenters. The van der Waals surface area contributed by atoms with Crippen molar-refractivity contribution < 1.29 is 15.0 Å². The van der Waals surface area contributed by atoms with Gasteiger partial charge in [-0.25, -0.2) is 4.79 Å². The summed E-state index contributed by atoms with van der Waals surface area (Å²) in [5, 5.41) is 18.9. The van der Waals surface area contributed by atoms with E-state index in [1.54, 1.807) is 12.1 Å². The van der Waals surface area contributed by atoms with Crippen molar-refractivity contribution in [1.29, 1.82) is 0 Å². The Hall–Kier alpha value is -2.29. The standard InChI is InChI=1S/C24H34O3/c1-2-3-4-5-6-7-8-9-10-11-12-13-14-15-16-18-21-19-17-20-22(25)23(21)24(26)27/h3-4,6-7,9-10,17,19-20,25H,2,5,8,11-16,18H2,1H3,(H,26,27). The van der Waals surface area contributed by atoms with Crippen molar-refractivity contribution in [1.82, 2.24) is 0 Å². The van der Waals surface area contributed by atoms with Gasteiger partial charge in [-0.3, -0.25) is 0 Å². The minimum Gasteiger partial charge on any atom is -0.507 e. The summed E-state index contributed by atoms with van der Waals surface area (Å²) in [6.45, 7) is 2.15. The van der Waals surface area contributed by atoms with Crippen LogP contribution in [0, 0.1) is 0 Å². The van der Waals surface area contributed by atoms with Crippen molar-refractivity contribution in [2.75, 3.05) is 0 Å². The summed E-state index contributed by atoms with van der Waals surface area (Å²) in [7, 11) is 0. The van der Waals surface area contributed by atoms with Crippen LogP contribution in [0.25, 0.3) is 0 Å². The van der Waals surface area contributed by atoms with Gasteiger partial charge in [0.2, 0.25) is 0 Å². The highest BCUT2D eigenvalue weighted by Crippen LogP contribution is 2.23. The first kappa shape index (κ1) is 22.8. The second kappa shape index (κ2) is 14.8. The Bertz CT molecular complexity index is 627. The van der Waals surface area contributed by atoms with E-state index in [-0.39, 0.29) is 11.3 Å². The van der Waals surface area contributed by atoms with E-state index >= 15 is 0 Å². The number of carboxylic acid groups (broad SMARTS) is 1. The normalized spacial score (nSPS) is 11.9. The highest BCUT2D eigenvalue weighted by Gasteiger charge is 2.14. The van der Waals surface area contributed by atoms with Crippen LogP contribution in [-0.2, 0) is 6.42 Å². The molecule has 0 aliphatic heterocycles. The number of carbonyl (C=O) groups is 1. The van der Waals surface area contributed by atoms with Gasteiger partial charge in [-0.2, -0.15) is 0 Å². The maximum absolute atomic E-state index is 11.2. The van der Waals surface area contributed by atoms with E-state index in [4.69, 9.17) is 0 Å². The van der Waals surface area contributed by atoms with Gasteiger partial charge in [0.15, 0.2) is 0 Å². The van der Waals surface area contributed by atoms with Crippen LogP contribution in [0.4, 0.5) is 0 Å². The topological polar surface area (TPSA) is 57.5 Å². The molecule has 0 bridgehead atoms. The third-order valence-corrected chi connectivity index (χ3v) is 4.44. The van der Waals surface area contributed by atoms with Crippen molar-refractivity contribution in [3.05, 3.63) is 65.8 Å². The lowest BCUT2D eigenvalue weighted by Crippen LogP contribution is -2.03. The van der Waals surface area contributed by atoms with Gasteiger partial charge in [0.1, 0.15) is 11.3 Å². The highest BCUT2D eigenvalue weighted by molar-refractivity contribution is 5.92. The number of aromatic hydroxyl groups is 1. The number of phenols is 1. The molecule has 3 nitrogen and oxygen atoms in total.